The van der Waals surface area contributed by atoms with Crippen LogP contribution in [-0.4, -0.2) is 40.4 Å². The van der Waals surface area contributed by atoms with E-state index in [0.29, 0.717) is 0 Å². The molecule has 0 amide bonds. The van der Waals surface area contributed by atoms with Crippen molar-refractivity contribution in [2.75, 3.05) is 20.8 Å². The lowest BCUT2D eigenvalue weighted by Crippen LogP contribution is -2.41. The SMILES string of the molecule is COc1cc(F)c(S(=O)(=O)NC(CO)C(C)C)cc1OC. The van der Waals surface area contributed by atoms with Gasteiger partial charge in [-0.25, -0.2) is 17.5 Å². The van der Waals surface area contributed by atoms with Gasteiger partial charge in [0.1, 0.15) is 10.7 Å². The third-order valence-electron chi connectivity index (χ3n) is 3.04. The fraction of sp³-hybridized carbons (Fsp3) is 0.538. The number of aliphatic hydroxyl groups excluding tert-OH is 1. The number of benzene rings is 1. The maximum atomic E-state index is 14.0. The van der Waals surface area contributed by atoms with Gasteiger partial charge in [0.2, 0.25) is 10.0 Å². The number of nitrogens with one attached hydrogen (secondary N) is 1. The number of hydrogen-bond donors (Lipinski definition) is 2. The van der Waals surface area contributed by atoms with Crippen LogP contribution in [-0.2, 0) is 10.0 Å². The molecule has 0 aliphatic rings. The van der Waals surface area contributed by atoms with E-state index in [0.717, 1.165) is 12.1 Å². The van der Waals surface area contributed by atoms with E-state index in [9.17, 15) is 17.9 Å². The Hall–Kier alpha value is -1.38. The van der Waals surface area contributed by atoms with Gasteiger partial charge in [-0.2, -0.15) is 0 Å². The number of ether oxygens (including phenoxy) is 2. The molecule has 1 atom stereocenters. The number of halogens is 1. The molecule has 2 N–H and O–H groups in total. The summed E-state index contributed by atoms with van der Waals surface area (Å²) in [6, 6.07) is 1.28. The van der Waals surface area contributed by atoms with Crippen LogP contribution in [0.15, 0.2) is 17.0 Å². The van der Waals surface area contributed by atoms with Gasteiger partial charge in [0.15, 0.2) is 11.5 Å². The summed E-state index contributed by atoms with van der Waals surface area (Å²) in [7, 11) is -1.48. The van der Waals surface area contributed by atoms with Crippen molar-refractivity contribution in [3.8, 4) is 11.5 Å². The van der Waals surface area contributed by atoms with Crippen LogP contribution >= 0.6 is 0 Å². The predicted octanol–water partition coefficient (Wildman–Crippen LogP) is 1.14. The van der Waals surface area contributed by atoms with E-state index in [2.05, 4.69) is 4.72 Å². The first-order valence-corrected chi connectivity index (χ1v) is 7.79. The van der Waals surface area contributed by atoms with E-state index >= 15 is 0 Å². The number of hydrogen-bond acceptors (Lipinski definition) is 5. The Morgan fingerprint density at radius 1 is 1.24 bits per heavy atom. The van der Waals surface area contributed by atoms with Crippen molar-refractivity contribution < 1.29 is 27.4 Å². The molecule has 1 aromatic carbocycles. The van der Waals surface area contributed by atoms with Crippen LogP contribution < -0.4 is 14.2 Å². The molecule has 0 fully saturated rings. The van der Waals surface area contributed by atoms with E-state index < -0.39 is 26.8 Å². The van der Waals surface area contributed by atoms with Crippen molar-refractivity contribution in [1.29, 1.82) is 0 Å². The lowest BCUT2D eigenvalue weighted by Gasteiger charge is -2.20. The van der Waals surface area contributed by atoms with Crippen molar-refractivity contribution in [3.05, 3.63) is 17.9 Å². The minimum Gasteiger partial charge on any atom is -0.493 e. The monoisotopic (exact) mass is 321 g/mol. The summed E-state index contributed by atoms with van der Waals surface area (Å²) < 4.78 is 50.6. The minimum atomic E-state index is -4.13. The second-order valence-corrected chi connectivity index (χ2v) is 6.47. The molecule has 0 aliphatic carbocycles. The smallest absolute Gasteiger partial charge is 0.243 e. The molecule has 1 unspecified atom stereocenters. The predicted molar refractivity (Wildman–Crippen MR) is 75.5 cm³/mol. The van der Waals surface area contributed by atoms with Gasteiger partial charge < -0.3 is 14.6 Å². The lowest BCUT2D eigenvalue weighted by atomic mass is 10.1. The first-order chi connectivity index (χ1) is 9.76. The first-order valence-electron chi connectivity index (χ1n) is 6.31. The standard InChI is InChI=1S/C13H20FNO5S/c1-8(2)10(7-16)15-21(17,18)13-6-12(20-4)11(19-3)5-9(13)14/h5-6,8,10,15-16H,7H2,1-4H3. The molecule has 1 rings (SSSR count). The molecule has 21 heavy (non-hydrogen) atoms. The van der Waals surface area contributed by atoms with Crippen molar-refractivity contribution in [3.63, 3.8) is 0 Å². The highest BCUT2D eigenvalue weighted by Gasteiger charge is 2.26. The maximum Gasteiger partial charge on any atom is 0.243 e. The Morgan fingerprint density at radius 2 is 1.76 bits per heavy atom. The molecular weight excluding hydrogens is 301 g/mol. The van der Waals surface area contributed by atoms with Crippen LogP contribution in [0.2, 0.25) is 0 Å². The summed E-state index contributed by atoms with van der Waals surface area (Å²) in [6.07, 6.45) is 0. The van der Waals surface area contributed by atoms with Crippen molar-refractivity contribution in [1.82, 2.24) is 4.72 Å². The van der Waals surface area contributed by atoms with E-state index in [1.165, 1.54) is 14.2 Å². The molecule has 0 radical (unpaired) electrons. The molecule has 0 spiro atoms. The van der Waals surface area contributed by atoms with Crippen LogP contribution in [0.25, 0.3) is 0 Å². The fourth-order valence-electron chi connectivity index (χ4n) is 1.69. The van der Waals surface area contributed by atoms with Crippen LogP contribution in [0, 0.1) is 11.7 Å². The Balaban J connectivity index is 3.25. The largest absolute Gasteiger partial charge is 0.493 e. The third-order valence-corrected chi connectivity index (χ3v) is 4.54. The van der Waals surface area contributed by atoms with Crippen molar-refractivity contribution in [2.24, 2.45) is 5.92 Å². The molecule has 1 aromatic rings. The molecule has 8 heteroatoms. The molecule has 0 bridgehead atoms. The van der Waals surface area contributed by atoms with E-state index in [1.807, 2.05) is 0 Å². The molecule has 0 heterocycles. The highest BCUT2D eigenvalue weighted by molar-refractivity contribution is 7.89. The summed E-state index contributed by atoms with van der Waals surface area (Å²) in [5, 5.41) is 9.19. The van der Waals surface area contributed by atoms with Crippen LogP contribution in [0.3, 0.4) is 0 Å². The van der Waals surface area contributed by atoms with Gasteiger partial charge in [-0.05, 0) is 5.92 Å². The molecule has 0 aliphatic heterocycles. The third kappa shape index (κ3) is 4.05. The fourth-order valence-corrected chi connectivity index (χ4v) is 3.14. The van der Waals surface area contributed by atoms with Gasteiger partial charge in [0.05, 0.1) is 20.8 Å². The zero-order chi connectivity index (χ0) is 16.2. The quantitative estimate of drug-likeness (QED) is 0.786. The molecule has 0 aromatic heterocycles. The molecule has 6 nitrogen and oxygen atoms in total. The Morgan fingerprint density at radius 3 is 2.19 bits per heavy atom. The number of methoxy groups -OCH3 is 2. The summed E-state index contributed by atoms with van der Waals surface area (Å²) in [4.78, 5) is -0.556. The van der Waals surface area contributed by atoms with Crippen molar-refractivity contribution >= 4 is 10.0 Å². The first kappa shape index (κ1) is 17.7. The minimum absolute atomic E-state index is 0.0940. The number of aliphatic hydroxyl groups is 1. The van der Waals surface area contributed by atoms with E-state index in [4.69, 9.17) is 9.47 Å². The van der Waals surface area contributed by atoms with Crippen LogP contribution in [0.5, 0.6) is 11.5 Å². The van der Waals surface area contributed by atoms with E-state index in [1.54, 1.807) is 13.8 Å². The van der Waals surface area contributed by atoms with Crippen LogP contribution in [0.1, 0.15) is 13.8 Å². The Bertz CT molecular complexity index is 588. The maximum absolute atomic E-state index is 14.0. The number of rotatable bonds is 7. The second-order valence-electron chi connectivity index (χ2n) is 4.79. The Labute approximate surface area is 123 Å². The van der Waals surface area contributed by atoms with Gasteiger partial charge in [0, 0.05) is 18.2 Å². The average Bonchev–Trinajstić information content (AvgIpc) is 2.43. The van der Waals surface area contributed by atoms with Gasteiger partial charge in [-0.1, -0.05) is 13.8 Å². The summed E-state index contributed by atoms with van der Waals surface area (Å²) >= 11 is 0. The topological polar surface area (TPSA) is 84.9 Å². The second kappa shape index (κ2) is 7.06. The average molecular weight is 321 g/mol. The van der Waals surface area contributed by atoms with Gasteiger partial charge >= 0.3 is 0 Å². The number of sulfonamides is 1. The van der Waals surface area contributed by atoms with E-state index in [-0.39, 0.29) is 24.0 Å². The molecular formula is C13H20FNO5S. The van der Waals surface area contributed by atoms with Gasteiger partial charge in [-0.3, -0.25) is 0 Å². The van der Waals surface area contributed by atoms with Gasteiger partial charge in [-0.15, -0.1) is 0 Å². The summed E-state index contributed by atoms with van der Waals surface area (Å²) in [6.45, 7) is 3.11. The summed E-state index contributed by atoms with van der Waals surface area (Å²) in [5.41, 5.74) is 0. The normalized spacial score (nSPS) is 13.3. The summed E-state index contributed by atoms with van der Waals surface area (Å²) in [5.74, 6) is -0.908. The highest BCUT2D eigenvalue weighted by atomic mass is 32.2. The lowest BCUT2D eigenvalue weighted by molar-refractivity contribution is 0.227. The molecule has 120 valence electrons. The Kier molecular flexibility index (Phi) is 5.94. The molecule has 0 saturated heterocycles. The zero-order valence-corrected chi connectivity index (χ0v) is 13.2. The van der Waals surface area contributed by atoms with Gasteiger partial charge in [0.25, 0.3) is 0 Å². The van der Waals surface area contributed by atoms with Crippen LogP contribution in [0.4, 0.5) is 4.39 Å². The zero-order valence-electron chi connectivity index (χ0n) is 12.4. The van der Waals surface area contributed by atoms with Crippen molar-refractivity contribution in [2.45, 2.75) is 24.8 Å². The molecule has 0 saturated carbocycles. The highest BCUT2D eigenvalue weighted by Crippen LogP contribution is 2.32.